The maximum Gasteiger partial charge on any atom is 0.322 e. The number of rotatable bonds is 11. The smallest absolute Gasteiger partial charge is 0.322 e. The summed E-state index contributed by atoms with van der Waals surface area (Å²) >= 11 is 0. The fourth-order valence-electron chi connectivity index (χ4n) is 4.23. The number of aromatic hydroxyl groups is 1. The number of benzene rings is 2. The molecule has 0 aliphatic carbocycles. The van der Waals surface area contributed by atoms with Crippen LogP contribution in [0.3, 0.4) is 0 Å². The van der Waals surface area contributed by atoms with Crippen molar-refractivity contribution in [2.45, 2.75) is 31.3 Å². The molecule has 3 aromatic rings. The zero-order chi connectivity index (χ0) is 28.8. The number of carbonyl (C=O) groups excluding carboxylic acids is 1. The number of β-amino-alcohol motifs (C(OH)–C–C–N with tert-alkyl or cyclic N) is 1. The highest BCUT2D eigenvalue weighted by Gasteiger charge is 2.24. The molecule has 0 fully saturated rings. The van der Waals surface area contributed by atoms with E-state index >= 15 is 0 Å². The van der Waals surface area contributed by atoms with Gasteiger partial charge < -0.3 is 41.4 Å². The normalized spacial score (nSPS) is 17.4. The number of phenols is 1. The Morgan fingerprint density at radius 1 is 1.23 bits per heavy atom. The molecule has 1 aliphatic rings. The molecule has 2 heterocycles. The van der Waals surface area contributed by atoms with E-state index in [9.17, 15) is 34.4 Å². The fraction of sp³-hybridized carbons (Fsp3) is 0.346. The molecule has 4 unspecified atom stereocenters. The van der Waals surface area contributed by atoms with Crippen molar-refractivity contribution in [2.24, 2.45) is 4.99 Å². The second-order valence-electron chi connectivity index (χ2n) is 9.43. The van der Waals surface area contributed by atoms with Crippen molar-refractivity contribution in [1.82, 2.24) is 26.3 Å². The van der Waals surface area contributed by atoms with Crippen molar-refractivity contribution in [3.05, 3.63) is 59.5 Å². The first-order chi connectivity index (χ1) is 19.1. The van der Waals surface area contributed by atoms with Crippen LogP contribution in [0.1, 0.15) is 30.5 Å². The van der Waals surface area contributed by atoms with Gasteiger partial charge in [-0.2, -0.15) is 0 Å². The van der Waals surface area contributed by atoms with Crippen molar-refractivity contribution < 1.29 is 34.4 Å². The van der Waals surface area contributed by atoms with Crippen LogP contribution in [-0.4, -0.2) is 81.6 Å². The van der Waals surface area contributed by atoms with E-state index < -0.39 is 42.1 Å². The van der Waals surface area contributed by atoms with Gasteiger partial charge in [-0.25, -0.2) is 4.39 Å². The number of aliphatic hydroxyl groups excluding tert-OH is 2. The Kier molecular flexibility index (Phi) is 9.16. The van der Waals surface area contributed by atoms with E-state index in [1.165, 1.54) is 12.1 Å². The first kappa shape index (κ1) is 28.8. The maximum atomic E-state index is 14.8. The lowest BCUT2D eigenvalue weighted by Gasteiger charge is -2.21. The number of nitrogens with one attached hydrogen (secondary N) is 6. The lowest BCUT2D eigenvalue weighted by atomic mass is 10.1. The van der Waals surface area contributed by atoms with Crippen LogP contribution in [0.5, 0.6) is 5.75 Å². The van der Waals surface area contributed by atoms with Crippen LogP contribution in [0.2, 0.25) is 0 Å². The van der Waals surface area contributed by atoms with Crippen LogP contribution in [0.15, 0.2) is 47.5 Å². The van der Waals surface area contributed by atoms with Gasteiger partial charge in [0.15, 0.2) is 11.8 Å². The summed E-state index contributed by atoms with van der Waals surface area (Å²) in [7, 11) is 0. The summed E-state index contributed by atoms with van der Waals surface area (Å²) in [6.07, 6.45) is -1.92. The number of amides is 1. The highest BCUT2D eigenvalue weighted by atomic mass is 19.1. The van der Waals surface area contributed by atoms with E-state index in [0.717, 1.165) is 0 Å². The Balaban J connectivity index is 1.29. The number of hydrogen-bond acceptors (Lipinski definition) is 10. The van der Waals surface area contributed by atoms with E-state index in [-0.39, 0.29) is 36.6 Å². The number of nitrogens with zero attached hydrogens (tertiary/aromatic N) is 1. The molecular weight excluding hydrogens is 525 g/mol. The van der Waals surface area contributed by atoms with Gasteiger partial charge in [0.1, 0.15) is 18.0 Å². The number of aliphatic carboxylic acids is 1. The zero-order valence-corrected chi connectivity index (χ0v) is 21.6. The molecular formula is C26H32FN7O6. The third-order valence-corrected chi connectivity index (χ3v) is 6.29. The number of anilines is 1. The number of phenolic OH excluding ortho intramolecular Hbond substituents is 1. The molecule has 0 saturated carbocycles. The number of H-pyrrole nitrogens is 1. The minimum absolute atomic E-state index is 0.141. The molecule has 214 valence electrons. The van der Waals surface area contributed by atoms with Crippen LogP contribution in [0.4, 0.5) is 10.1 Å². The van der Waals surface area contributed by atoms with E-state index in [4.69, 9.17) is 0 Å². The Bertz CT molecular complexity index is 1400. The number of hydrogen-bond donors (Lipinski definition) is 10. The highest BCUT2D eigenvalue weighted by Crippen LogP contribution is 2.25. The molecule has 4 rings (SSSR count). The van der Waals surface area contributed by atoms with Gasteiger partial charge in [-0.05, 0) is 31.2 Å². The predicted octanol–water partition coefficient (Wildman–Crippen LogP) is 0.245. The fourth-order valence-corrected chi connectivity index (χ4v) is 4.23. The highest BCUT2D eigenvalue weighted by molar-refractivity contribution is 5.94. The molecule has 0 saturated heterocycles. The number of guanidine groups is 1. The first-order valence-electron chi connectivity index (χ1n) is 12.6. The zero-order valence-electron chi connectivity index (χ0n) is 21.6. The molecule has 10 N–H and O–H groups in total. The number of aliphatic imine (C=N–C) groups is 1. The van der Waals surface area contributed by atoms with E-state index in [2.05, 4.69) is 36.6 Å². The van der Waals surface area contributed by atoms with Crippen molar-refractivity contribution in [2.75, 3.05) is 31.5 Å². The number of para-hydroxylation sites is 1. The lowest BCUT2D eigenvalue weighted by Crippen LogP contribution is -2.48. The molecule has 1 aliphatic heterocycles. The van der Waals surface area contributed by atoms with E-state index in [0.29, 0.717) is 29.1 Å². The second kappa shape index (κ2) is 12.7. The lowest BCUT2D eigenvalue weighted by molar-refractivity contribution is -0.139. The molecule has 4 atom stereocenters. The molecule has 14 heteroatoms. The Morgan fingerprint density at radius 3 is 2.70 bits per heavy atom. The van der Waals surface area contributed by atoms with Crippen LogP contribution >= 0.6 is 0 Å². The minimum atomic E-state index is -1.33. The number of aromatic amines is 1. The van der Waals surface area contributed by atoms with Crippen molar-refractivity contribution in [3.63, 3.8) is 0 Å². The maximum absolute atomic E-state index is 14.8. The number of fused-ring (bicyclic) bond motifs is 1. The summed E-state index contributed by atoms with van der Waals surface area (Å²) in [5.74, 6) is -2.05. The molecule has 13 nitrogen and oxygen atoms in total. The summed E-state index contributed by atoms with van der Waals surface area (Å²) in [5, 5.41) is 53.8. The SMILES string of the molecule is CC(NC(CNC(=O)CNC(O)c1cc(O)cc(NC2=NCC(O)CN2)c1)C(=O)O)c1[nH]c2ccccc2c1F. The Hall–Kier alpha value is -4.24. The number of carboxylic acid groups (broad SMARTS) is 1. The van der Waals surface area contributed by atoms with Crippen LogP contribution in [0, 0.1) is 5.82 Å². The van der Waals surface area contributed by atoms with Crippen LogP contribution in [-0.2, 0) is 9.59 Å². The number of halogens is 1. The van der Waals surface area contributed by atoms with Crippen molar-refractivity contribution in [1.29, 1.82) is 0 Å². The third kappa shape index (κ3) is 7.24. The van der Waals surface area contributed by atoms with Gasteiger partial charge in [0.25, 0.3) is 0 Å². The second-order valence-corrected chi connectivity index (χ2v) is 9.43. The topological polar surface area (TPSA) is 203 Å². The van der Waals surface area contributed by atoms with E-state index in [1.54, 1.807) is 37.3 Å². The minimum Gasteiger partial charge on any atom is -0.508 e. The predicted molar refractivity (Wildman–Crippen MR) is 145 cm³/mol. The summed E-state index contributed by atoms with van der Waals surface area (Å²) in [5.41, 5.74) is 1.46. The quantitative estimate of drug-likeness (QED) is 0.146. The standard InChI is InChI=1S/C26H32FN7O6/c1-13(23-22(27)18-4-2-3-5-19(18)34-23)32-20(25(39)40)11-28-21(37)12-29-24(38)14-6-15(8-16(35)7-14)33-26-30-9-17(36)10-31-26/h2-8,13,17,20,24,29,32,34-36,38H,9-12H2,1H3,(H,28,37)(H,39,40)(H2,30,31,33). The summed E-state index contributed by atoms with van der Waals surface area (Å²) in [6.45, 7) is 1.50. The number of carbonyl (C=O) groups is 2. The largest absolute Gasteiger partial charge is 0.508 e. The molecule has 0 radical (unpaired) electrons. The number of aromatic nitrogens is 1. The number of aliphatic hydroxyl groups is 2. The van der Waals surface area contributed by atoms with Gasteiger partial charge >= 0.3 is 5.97 Å². The van der Waals surface area contributed by atoms with Gasteiger partial charge in [-0.15, -0.1) is 0 Å². The van der Waals surface area contributed by atoms with Gasteiger partial charge in [-0.1, -0.05) is 12.1 Å². The first-order valence-corrected chi connectivity index (χ1v) is 12.6. The molecule has 40 heavy (non-hydrogen) atoms. The van der Waals surface area contributed by atoms with Gasteiger partial charge in [0, 0.05) is 47.4 Å². The number of carboxylic acids is 1. The molecule has 2 aromatic carbocycles. The Morgan fingerprint density at radius 2 is 2.00 bits per heavy atom. The van der Waals surface area contributed by atoms with Crippen LogP contribution in [0.25, 0.3) is 10.9 Å². The van der Waals surface area contributed by atoms with Gasteiger partial charge in [0.2, 0.25) is 5.91 Å². The summed E-state index contributed by atoms with van der Waals surface area (Å²) < 4.78 is 14.8. The Labute approximate surface area is 228 Å². The monoisotopic (exact) mass is 557 g/mol. The summed E-state index contributed by atoms with van der Waals surface area (Å²) in [4.78, 5) is 31.2. The molecule has 0 spiro atoms. The van der Waals surface area contributed by atoms with Crippen molar-refractivity contribution >= 4 is 34.4 Å². The van der Waals surface area contributed by atoms with Gasteiger partial charge in [0.05, 0.1) is 24.9 Å². The van der Waals surface area contributed by atoms with Gasteiger partial charge in [-0.3, -0.25) is 25.2 Å². The average Bonchev–Trinajstić information content (AvgIpc) is 3.27. The third-order valence-electron chi connectivity index (χ3n) is 6.29. The molecule has 1 aromatic heterocycles. The molecule has 0 bridgehead atoms. The summed E-state index contributed by atoms with van der Waals surface area (Å²) in [6, 6.07) is 9.16. The molecule has 1 amide bonds. The van der Waals surface area contributed by atoms with Crippen molar-refractivity contribution in [3.8, 4) is 5.75 Å². The van der Waals surface area contributed by atoms with Crippen LogP contribution < -0.4 is 26.6 Å². The van der Waals surface area contributed by atoms with E-state index in [1.807, 2.05) is 0 Å². The average molecular weight is 558 g/mol.